The highest BCUT2D eigenvalue weighted by Crippen LogP contribution is 2.36. The lowest BCUT2D eigenvalue weighted by atomic mass is 10.3. The summed E-state index contributed by atoms with van der Waals surface area (Å²) in [6, 6.07) is 9.66. The number of rotatable bonds is 5. The number of anilines is 1. The monoisotopic (exact) mass is 465 g/mol. The molecule has 1 aromatic carbocycles. The molecule has 1 aliphatic heterocycles. The van der Waals surface area contributed by atoms with Gasteiger partial charge in [-0.1, -0.05) is 24.6 Å². The zero-order valence-corrected chi connectivity index (χ0v) is 18.6. The summed E-state index contributed by atoms with van der Waals surface area (Å²) in [4.78, 5) is 20.8. The van der Waals surface area contributed by atoms with Gasteiger partial charge in [0, 0.05) is 37.6 Å². The Morgan fingerprint density at radius 2 is 1.87 bits per heavy atom. The number of carbonyl (C=O) groups excluding carboxylic acids is 1. The van der Waals surface area contributed by atoms with Crippen LogP contribution in [0.2, 0.25) is 5.02 Å². The molecule has 0 N–H and O–H groups in total. The van der Waals surface area contributed by atoms with Crippen LogP contribution >= 0.6 is 22.9 Å². The van der Waals surface area contributed by atoms with Crippen LogP contribution in [0, 0.1) is 0 Å². The molecule has 4 rings (SSSR count). The van der Waals surface area contributed by atoms with Crippen molar-refractivity contribution in [2.75, 3.05) is 31.1 Å². The van der Waals surface area contributed by atoms with Gasteiger partial charge in [0.25, 0.3) is 0 Å². The standard InChI is InChI=1S/C20H20ClN3O4S2/c1-2-17(25)23-9-11-24(12-10-23)20-19(22-18(28-20)16-4-3-13-29-16)30(26,27)15-7-5-14(21)6-8-15/h3-8,13H,2,9-12H2,1H3. The second kappa shape index (κ2) is 8.41. The molecule has 0 spiro atoms. The minimum Gasteiger partial charge on any atom is -0.418 e. The van der Waals surface area contributed by atoms with Crippen LogP contribution in [0.3, 0.4) is 0 Å². The van der Waals surface area contributed by atoms with Gasteiger partial charge in [0.1, 0.15) is 0 Å². The van der Waals surface area contributed by atoms with Gasteiger partial charge in [-0.2, -0.15) is 4.98 Å². The average molecular weight is 466 g/mol. The Balaban J connectivity index is 1.73. The molecule has 0 atom stereocenters. The number of halogens is 1. The van der Waals surface area contributed by atoms with Crippen molar-refractivity contribution < 1.29 is 17.6 Å². The molecule has 7 nitrogen and oxygen atoms in total. The van der Waals surface area contributed by atoms with Crippen LogP contribution in [-0.2, 0) is 14.6 Å². The number of aromatic nitrogens is 1. The lowest BCUT2D eigenvalue weighted by molar-refractivity contribution is -0.131. The van der Waals surface area contributed by atoms with E-state index in [1.54, 1.807) is 4.90 Å². The van der Waals surface area contributed by atoms with Crippen LogP contribution < -0.4 is 4.90 Å². The van der Waals surface area contributed by atoms with Crippen molar-refractivity contribution in [1.82, 2.24) is 9.88 Å². The van der Waals surface area contributed by atoms with Gasteiger partial charge in [0.2, 0.25) is 32.5 Å². The molecular formula is C20H20ClN3O4S2. The summed E-state index contributed by atoms with van der Waals surface area (Å²) in [5, 5.41) is 2.20. The molecule has 10 heteroatoms. The molecule has 0 unspecified atom stereocenters. The zero-order chi connectivity index (χ0) is 21.3. The average Bonchev–Trinajstić information content (AvgIpc) is 3.44. The van der Waals surface area contributed by atoms with Gasteiger partial charge in [-0.25, -0.2) is 8.42 Å². The number of nitrogens with zero attached hydrogens (tertiary/aromatic N) is 3. The maximum atomic E-state index is 13.4. The third kappa shape index (κ3) is 3.97. The highest BCUT2D eigenvalue weighted by molar-refractivity contribution is 7.91. The number of hydrogen-bond acceptors (Lipinski definition) is 7. The number of benzene rings is 1. The van der Waals surface area contributed by atoms with Crippen LogP contribution in [0.15, 0.2) is 56.1 Å². The van der Waals surface area contributed by atoms with E-state index >= 15 is 0 Å². The third-order valence-corrected chi connectivity index (χ3v) is 7.69. The molecule has 1 saturated heterocycles. The number of carbonyl (C=O) groups is 1. The summed E-state index contributed by atoms with van der Waals surface area (Å²) in [5.41, 5.74) is 0. The number of sulfone groups is 1. The molecule has 30 heavy (non-hydrogen) atoms. The van der Waals surface area contributed by atoms with E-state index in [9.17, 15) is 13.2 Å². The minimum absolute atomic E-state index is 0.0838. The fourth-order valence-corrected chi connectivity index (χ4v) is 5.38. The first kappa shape index (κ1) is 20.9. The Labute approximate surface area is 183 Å². The zero-order valence-electron chi connectivity index (χ0n) is 16.2. The van der Waals surface area contributed by atoms with E-state index in [2.05, 4.69) is 4.98 Å². The molecule has 1 aliphatic rings. The number of oxazole rings is 1. The van der Waals surface area contributed by atoms with Gasteiger partial charge in [-0.05, 0) is 35.7 Å². The maximum absolute atomic E-state index is 13.4. The van der Waals surface area contributed by atoms with Gasteiger partial charge in [0.15, 0.2) is 0 Å². The first-order valence-electron chi connectivity index (χ1n) is 9.48. The highest BCUT2D eigenvalue weighted by Gasteiger charge is 2.33. The minimum atomic E-state index is -3.92. The van der Waals surface area contributed by atoms with Crippen molar-refractivity contribution in [2.45, 2.75) is 23.3 Å². The topological polar surface area (TPSA) is 83.7 Å². The van der Waals surface area contributed by atoms with Crippen molar-refractivity contribution in [1.29, 1.82) is 0 Å². The number of thiophene rings is 1. The van der Waals surface area contributed by atoms with Crippen LogP contribution in [0.25, 0.3) is 10.8 Å². The van der Waals surface area contributed by atoms with E-state index < -0.39 is 9.84 Å². The highest BCUT2D eigenvalue weighted by atomic mass is 35.5. The second-order valence-corrected chi connectivity index (χ2v) is 10.0. The molecule has 3 aromatic rings. The Morgan fingerprint density at radius 3 is 2.47 bits per heavy atom. The fourth-order valence-electron chi connectivity index (χ4n) is 3.29. The third-order valence-electron chi connectivity index (χ3n) is 4.91. The first-order chi connectivity index (χ1) is 14.4. The number of hydrogen-bond donors (Lipinski definition) is 0. The van der Waals surface area contributed by atoms with Crippen LogP contribution in [0.1, 0.15) is 13.3 Å². The van der Waals surface area contributed by atoms with Crippen molar-refractivity contribution in [2.24, 2.45) is 0 Å². The van der Waals surface area contributed by atoms with E-state index in [0.717, 1.165) is 4.88 Å². The predicted molar refractivity (Wildman–Crippen MR) is 116 cm³/mol. The van der Waals surface area contributed by atoms with E-state index in [0.29, 0.717) is 37.6 Å². The maximum Gasteiger partial charge on any atom is 0.240 e. The van der Waals surface area contributed by atoms with Crippen molar-refractivity contribution in [3.8, 4) is 10.8 Å². The van der Waals surface area contributed by atoms with E-state index in [1.807, 2.05) is 29.3 Å². The smallest absolute Gasteiger partial charge is 0.240 e. The van der Waals surface area contributed by atoms with Gasteiger partial charge >= 0.3 is 0 Å². The SMILES string of the molecule is CCC(=O)N1CCN(c2oc(-c3cccs3)nc2S(=O)(=O)c2ccc(Cl)cc2)CC1. The van der Waals surface area contributed by atoms with Gasteiger partial charge in [-0.3, -0.25) is 4.79 Å². The lowest BCUT2D eigenvalue weighted by Crippen LogP contribution is -2.48. The first-order valence-corrected chi connectivity index (χ1v) is 12.2. The van der Waals surface area contributed by atoms with Crippen LogP contribution in [-0.4, -0.2) is 50.4 Å². The molecule has 1 amide bonds. The molecule has 0 aliphatic carbocycles. The summed E-state index contributed by atoms with van der Waals surface area (Å²) >= 11 is 7.34. The summed E-state index contributed by atoms with van der Waals surface area (Å²) in [6.45, 7) is 3.77. The van der Waals surface area contributed by atoms with E-state index in [-0.39, 0.29) is 27.6 Å². The van der Waals surface area contributed by atoms with Crippen LogP contribution in [0.4, 0.5) is 5.88 Å². The molecule has 3 heterocycles. The predicted octanol–water partition coefficient (Wildman–Crippen LogP) is 3.95. The largest absolute Gasteiger partial charge is 0.418 e. The van der Waals surface area contributed by atoms with Crippen LogP contribution in [0.5, 0.6) is 0 Å². The fraction of sp³-hybridized carbons (Fsp3) is 0.300. The van der Waals surface area contributed by atoms with Gasteiger partial charge < -0.3 is 14.2 Å². The van der Waals surface area contributed by atoms with Crippen molar-refractivity contribution in [3.63, 3.8) is 0 Å². The van der Waals surface area contributed by atoms with Gasteiger partial charge in [0.05, 0.1) is 9.77 Å². The van der Waals surface area contributed by atoms with E-state index in [1.165, 1.54) is 35.6 Å². The summed E-state index contributed by atoms with van der Waals surface area (Å²) in [5.74, 6) is 0.553. The summed E-state index contributed by atoms with van der Waals surface area (Å²) in [7, 11) is -3.92. The summed E-state index contributed by atoms with van der Waals surface area (Å²) < 4.78 is 32.7. The molecule has 158 valence electrons. The molecule has 0 saturated carbocycles. The molecular weight excluding hydrogens is 446 g/mol. The quantitative estimate of drug-likeness (QED) is 0.567. The Morgan fingerprint density at radius 1 is 1.17 bits per heavy atom. The number of amides is 1. The molecule has 0 bridgehead atoms. The Bertz CT molecular complexity index is 1130. The van der Waals surface area contributed by atoms with Crippen molar-refractivity contribution >= 4 is 44.6 Å². The normalized spacial score (nSPS) is 14.9. The van der Waals surface area contributed by atoms with Crippen molar-refractivity contribution in [3.05, 3.63) is 46.8 Å². The molecule has 1 fully saturated rings. The second-order valence-electron chi connectivity index (χ2n) is 6.79. The molecule has 2 aromatic heterocycles. The lowest BCUT2D eigenvalue weighted by Gasteiger charge is -2.34. The summed E-state index contributed by atoms with van der Waals surface area (Å²) in [6.07, 6.45) is 0.445. The van der Waals surface area contributed by atoms with E-state index in [4.69, 9.17) is 16.0 Å². The Hall–Kier alpha value is -2.36. The molecule has 0 radical (unpaired) electrons. The number of piperazine rings is 1. The Kier molecular flexibility index (Phi) is 5.86. The van der Waals surface area contributed by atoms with Gasteiger partial charge in [-0.15, -0.1) is 11.3 Å².